The largest absolute Gasteiger partial charge is 0.380 e. The third-order valence-corrected chi connectivity index (χ3v) is 2.98. The Labute approximate surface area is 61.7 Å². The average molecular weight is 141 g/mol. The van der Waals surface area contributed by atoms with Gasteiger partial charge in [0.2, 0.25) is 0 Å². The maximum atomic E-state index is 5.56. The van der Waals surface area contributed by atoms with Gasteiger partial charge in [-0.25, -0.2) is 0 Å². The first kappa shape index (κ1) is 6.62. The fraction of sp³-hybridized carbons (Fsp3) is 1.00. The summed E-state index contributed by atoms with van der Waals surface area (Å²) in [6.45, 7) is 5.12. The molecule has 0 aromatic rings. The van der Waals surface area contributed by atoms with Gasteiger partial charge in [-0.3, -0.25) is 0 Å². The highest BCUT2D eigenvalue weighted by molar-refractivity contribution is 5.01. The van der Waals surface area contributed by atoms with Crippen LogP contribution >= 0.6 is 0 Å². The molecule has 0 spiro atoms. The molecule has 10 heavy (non-hydrogen) atoms. The van der Waals surface area contributed by atoms with Crippen molar-refractivity contribution in [3.05, 3.63) is 0 Å². The molecule has 1 saturated carbocycles. The van der Waals surface area contributed by atoms with Gasteiger partial charge in [0.15, 0.2) is 0 Å². The molecule has 2 fully saturated rings. The highest BCUT2D eigenvalue weighted by atomic mass is 16.5. The fourth-order valence-electron chi connectivity index (χ4n) is 2.00. The monoisotopic (exact) mass is 141 g/mol. The summed E-state index contributed by atoms with van der Waals surface area (Å²) >= 11 is 0. The van der Waals surface area contributed by atoms with Crippen molar-refractivity contribution in [3.63, 3.8) is 0 Å². The van der Waals surface area contributed by atoms with Gasteiger partial charge >= 0.3 is 0 Å². The molecule has 2 atom stereocenters. The van der Waals surface area contributed by atoms with E-state index in [0.717, 1.165) is 31.6 Å². The van der Waals surface area contributed by atoms with Gasteiger partial charge in [-0.1, -0.05) is 6.92 Å². The zero-order valence-corrected chi connectivity index (χ0v) is 6.47. The molecule has 2 rings (SSSR count). The minimum Gasteiger partial charge on any atom is -0.380 e. The predicted octanol–water partition coefficient (Wildman–Crippen LogP) is 0.618. The van der Waals surface area contributed by atoms with Crippen LogP contribution in [-0.2, 0) is 4.74 Å². The van der Waals surface area contributed by atoms with E-state index in [2.05, 4.69) is 6.92 Å². The number of nitrogens with two attached hydrogens (primary N) is 1. The van der Waals surface area contributed by atoms with E-state index in [0.29, 0.717) is 5.41 Å². The summed E-state index contributed by atoms with van der Waals surface area (Å²) in [7, 11) is 0. The summed E-state index contributed by atoms with van der Waals surface area (Å²) < 4.78 is 5.19. The second kappa shape index (κ2) is 1.95. The van der Waals surface area contributed by atoms with Crippen LogP contribution in [0.3, 0.4) is 0 Å². The van der Waals surface area contributed by atoms with Crippen molar-refractivity contribution in [3.8, 4) is 0 Å². The molecular weight excluding hydrogens is 126 g/mol. The lowest BCUT2D eigenvalue weighted by atomic mass is 9.82. The molecule has 0 aromatic carbocycles. The van der Waals surface area contributed by atoms with Gasteiger partial charge in [-0.2, -0.15) is 0 Å². The lowest BCUT2D eigenvalue weighted by Crippen LogP contribution is -2.42. The molecule has 2 aliphatic rings. The summed E-state index contributed by atoms with van der Waals surface area (Å²) in [5, 5.41) is 0. The van der Waals surface area contributed by atoms with E-state index in [4.69, 9.17) is 10.5 Å². The zero-order chi connectivity index (χ0) is 7.19. The van der Waals surface area contributed by atoms with Crippen LogP contribution in [0.1, 0.15) is 13.3 Å². The topological polar surface area (TPSA) is 35.2 Å². The van der Waals surface area contributed by atoms with Gasteiger partial charge < -0.3 is 10.5 Å². The van der Waals surface area contributed by atoms with Crippen molar-refractivity contribution in [2.24, 2.45) is 23.0 Å². The highest BCUT2D eigenvalue weighted by Gasteiger charge is 2.52. The molecule has 0 amide bonds. The minimum absolute atomic E-state index is 0.504. The summed E-state index contributed by atoms with van der Waals surface area (Å²) in [5.41, 5.74) is 6.06. The smallest absolute Gasteiger partial charge is 0.0544 e. The standard InChI is InChI=1S/C8H15NO/c1-8(4-10-5-8)7-2-6(7)3-9/h6-7H,2-5,9H2,1H3. The van der Waals surface area contributed by atoms with Crippen LogP contribution in [0.15, 0.2) is 0 Å². The second-order valence-electron chi connectivity index (χ2n) is 3.98. The van der Waals surface area contributed by atoms with Gasteiger partial charge in [0.25, 0.3) is 0 Å². The molecule has 2 unspecified atom stereocenters. The van der Waals surface area contributed by atoms with Crippen LogP contribution in [0, 0.1) is 17.3 Å². The van der Waals surface area contributed by atoms with Crippen molar-refractivity contribution in [2.75, 3.05) is 19.8 Å². The molecule has 2 nitrogen and oxygen atoms in total. The Morgan fingerprint density at radius 1 is 1.60 bits per heavy atom. The highest BCUT2D eigenvalue weighted by Crippen LogP contribution is 2.53. The van der Waals surface area contributed by atoms with Crippen molar-refractivity contribution in [2.45, 2.75) is 13.3 Å². The third kappa shape index (κ3) is 0.789. The van der Waals surface area contributed by atoms with E-state index in [1.54, 1.807) is 0 Å². The Morgan fingerprint density at radius 3 is 2.60 bits per heavy atom. The maximum Gasteiger partial charge on any atom is 0.0544 e. The van der Waals surface area contributed by atoms with E-state index < -0.39 is 0 Å². The minimum atomic E-state index is 0.504. The molecule has 2 heteroatoms. The molecule has 2 N–H and O–H groups in total. The molecule has 0 aromatic heterocycles. The fourth-order valence-corrected chi connectivity index (χ4v) is 2.00. The molecule has 1 heterocycles. The number of hydrogen-bond donors (Lipinski definition) is 1. The predicted molar refractivity (Wildman–Crippen MR) is 39.6 cm³/mol. The van der Waals surface area contributed by atoms with Gasteiger partial charge in [0.05, 0.1) is 13.2 Å². The van der Waals surface area contributed by atoms with Crippen LogP contribution in [-0.4, -0.2) is 19.8 Å². The molecule has 1 aliphatic carbocycles. The first-order valence-corrected chi connectivity index (χ1v) is 4.04. The van der Waals surface area contributed by atoms with Gasteiger partial charge in [0, 0.05) is 5.41 Å². The third-order valence-electron chi connectivity index (χ3n) is 2.98. The van der Waals surface area contributed by atoms with Crippen molar-refractivity contribution in [1.82, 2.24) is 0 Å². The summed E-state index contributed by atoms with van der Waals surface area (Å²) in [6.07, 6.45) is 1.34. The Kier molecular flexibility index (Phi) is 1.29. The molecular formula is C8H15NO. The van der Waals surface area contributed by atoms with Crippen molar-refractivity contribution in [1.29, 1.82) is 0 Å². The van der Waals surface area contributed by atoms with E-state index in [9.17, 15) is 0 Å². The van der Waals surface area contributed by atoms with Gasteiger partial charge in [0.1, 0.15) is 0 Å². The molecule has 0 radical (unpaired) electrons. The Morgan fingerprint density at radius 2 is 2.30 bits per heavy atom. The number of hydrogen-bond acceptors (Lipinski definition) is 2. The maximum absolute atomic E-state index is 5.56. The molecule has 1 aliphatic heterocycles. The van der Waals surface area contributed by atoms with Crippen molar-refractivity contribution >= 4 is 0 Å². The summed E-state index contributed by atoms with van der Waals surface area (Å²) in [5.74, 6) is 1.69. The van der Waals surface area contributed by atoms with E-state index in [1.807, 2.05) is 0 Å². The van der Waals surface area contributed by atoms with E-state index in [1.165, 1.54) is 6.42 Å². The Hall–Kier alpha value is -0.0800. The first-order valence-electron chi connectivity index (χ1n) is 4.04. The Bertz CT molecular complexity index is 142. The summed E-state index contributed by atoms with van der Waals surface area (Å²) in [6, 6.07) is 0. The van der Waals surface area contributed by atoms with Crippen LogP contribution in [0.5, 0.6) is 0 Å². The van der Waals surface area contributed by atoms with Gasteiger partial charge in [-0.15, -0.1) is 0 Å². The Balaban J connectivity index is 1.90. The van der Waals surface area contributed by atoms with Crippen molar-refractivity contribution < 1.29 is 4.74 Å². The lowest BCUT2D eigenvalue weighted by Gasteiger charge is -2.38. The normalized spacial score (nSPS) is 42.6. The van der Waals surface area contributed by atoms with E-state index >= 15 is 0 Å². The summed E-state index contributed by atoms with van der Waals surface area (Å²) in [4.78, 5) is 0. The molecule has 58 valence electrons. The molecule has 1 saturated heterocycles. The average Bonchev–Trinajstić information content (AvgIpc) is 2.61. The lowest BCUT2D eigenvalue weighted by molar-refractivity contribution is -0.116. The first-order chi connectivity index (χ1) is 4.76. The van der Waals surface area contributed by atoms with Crippen LogP contribution in [0.2, 0.25) is 0 Å². The van der Waals surface area contributed by atoms with Gasteiger partial charge in [-0.05, 0) is 24.8 Å². The number of rotatable bonds is 2. The zero-order valence-electron chi connectivity index (χ0n) is 6.47. The molecule has 0 bridgehead atoms. The number of ether oxygens (including phenoxy) is 1. The quantitative estimate of drug-likeness (QED) is 0.611. The SMILES string of the molecule is CC1(C2CC2CN)COC1. The van der Waals surface area contributed by atoms with Crippen LogP contribution < -0.4 is 5.73 Å². The van der Waals surface area contributed by atoms with Crippen LogP contribution in [0.4, 0.5) is 0 Å². The van der Waals surface area contributed by atoms with Crippen LogP contribution in [0.25, 0.3) is 0 Å². The van der Waals surface area contributed by atoms with E-state index in [-0.39, 0.29) is 0 Å². The second-order valence-corrected chi connectivity index (χ2v) is 3.98.